The molecule has 4 nitrogen and oxygen atoms in total. The lowest BCUT2D eigenvalue weighted by Crippen LogP contribution is -2.38. The van der Waals surface area contributed by atoms with Gasteiger partial charge in [-0.2, -0.15) is 0 Å². The average molecular weight is 254 g/mol. The van der Waals surface area contributed by atoms with E-state index in [9.17, 15) is 4.79 Å². The predicted octanol–water partition coefficient (Wildman–Crippen LogP) is 2.39. The molecule has 0 spiro atoms. The molecule has 1 unspecified atom stereocenters. The normalized spacial score (nSPS) is 20.0. The van der Waals surface area contributed by atoms with Crippen molar-refractivity contribution in [3.05, 3.63) is 23.2 Å². The minimum atomic E-state index is -0.0367. The van der Waals surface area contributed by atoms with E-state index in [4.69, 9.17) is 11.6 Å². The van der Waals surface area contributed by atoms with Gasteiger partial charge in [0, 0.05) is 12.6 Å². The van der Waals surface area contributed by atoms with Crippen LogP contribution in [0.1, 0.15) is 37.2 Å². The molecule has 1 saturated heterocycles. The first-order valence-electron chi connectivity index (χ1n) is 5.88. The van der Waals surface area contributed by atoms with E-state index < -0.39 is 0 Å². The second kappa shape index (κ2) is 5.00. The number of hydrogen-bond acceptors (Lipinski definition) is 3. The van der Waals surface area contributed by atoms with E-state index in [1.54, 1.807) is 0 Å². The first-order chi connectivity index (χ1) is 8.09. The van der Waals surface area contributed by atoms with Crippen molar-refractivity contribution >= 4 is 17.5 Å². The van der Waals surface area contributed by atoms with Gasteiger partial charge in [-0.15, -0.1) is 0 Å². The highest BCUT2D eigenvalue weighted by Crippen LogP contribution is 2.25. The van der Waals surface area contributed by atoms with E-state index >= 15 is 0 Å². The summed E-state index contributed by atoms with van der Waals surface area (Å²) in [6.45, 7) is 5.10. The van der Waals surface area contributed by atoms with Crippen LogP contribution in [0.25, 0.3) is 0 Å². The first-order valence-corrected chi connectivity index (χ1v) is 6.26. The van der Waals surface area contributed by atoms with Crippen molar-refractivity contribution in [3.63, 3.8) is 0 Å². The number of rotatable bonds is 2. The van der Waals surface area contributed by atoms with Crippen LogP contribution in [-0.4, -0.2) is 33.4 Å². The van der Waals surface area contributed by atoms with Crippen LogP contribution in [-0.2, 0) is 0 Å². The second-order valence-electron chi connectivity index (χ2n) is 4.68. The zero-order chi connectivity index (χ0) is 12.4. The monoisotopic (exact) mass is 253 g/mol. The van der Waals surface area contributed by atoms with Gasteiger partial charge in [0.1, 0.15) is 10.8 Å². The molecular weight excluding hydrogens is 238 g/mol. The van der Waals surface area contributed by atoms with Gasteiger partial charge in [-0.1, -0.05) is 25.4 Å². The summed E-state index contributed by atoms with van der Waals surface area (Å²) in [4.78, 5) is 22.1. The number of carbonyl (C=O) groups excluding carboxylic acids is 1. The van der Waals surface area contributed by atoms with Gasteiger partial charge in [-0.3, -0.25) is 4.79 Å². The van der Waals surface area contributed by atoms with E-state index in [2.05, 4.69) is 23.8 Å². The van der Waals surface area contributed by atoms with Crippen LogP contribution in [0.3, 0.4) is 0 Å². The third-order valence-electron chi connectivity index (χ3n) is 3.17. The third-order valence-corrected chi connectivity index (χ3v) is 3.36. The Morgan fingerprint density at radius 1 is 1.47 bits per heavy atom. The predicted molar refractivity (Wildman–Crippen MR) is 65.9 cm³/mol. The minimum absolute atomic E-state index is 0.0367. The molecule has 2 heterocycles. The fourth-order valence-corrected chi connectivity index (χ4v) is 2.41. The summed E-state index contributed by atoms with van der Waals surface area (Å²) in [6.07, 6.45) is 5.00. The maximum absolute atomic E-state index is 12.3. The zero-order valence-electron chi connectivity index (χ0n) is 10.1. The van der Waals surface area contributed by atoms with E-state index in [1.165, 1.54) is 12.4 Å². The van der Waals surface area contributed by atoms with E-state index in [-0.39, 0.29) is 5.91 Å². The Bertz CT molecular complexity index is 405. The van der Waals surface area contributed by atoms with Crippen LogP contribution < -0.4 is 0 Å². The number of aromatic nitrogens is 2. The van der Waals surface area contributed by atoms with Gasteiger partial charge >= 0.3 is 0 Å². The second-order valence-corrected chi connectivity index (χ2v) is 5.06. The summed E-state index contributed by atoms with van der Waals surface area (Å²) in [7, 11) is 0. The Balaban J connectivity index is 2.17. The topological polar surface area (TPSA) is 46.1 Å². The molecule has 1 amide bonds. The van der Waals surface area contributed by atoms with E-state index in [0.29, 0.717) is 22.8 Å². The third kappa shape index (κ3) is 2.57. The fourth-order valence-electron chi connectivity index (χ4n) is 2.31. The molecule has 1 aliphatic rings. The van der Waals surface area contributed by atoms with Crippen molar-refractivity contribution in [2.45, 2.75) is 32.7 Å². The maximum atomic E-state index is 12.3. The largest absolute Gasteiger partial charge is 0.334 e. The molecule has 0 N–H and O–H groups in total. The number of hydrogen-bond donors (Lipinski definition) is 0. The van der Waals surface area contributed by atoms with E-state index in [0.717, 1.165) is 19.4 Å². The molecule has 1 fully saturated rings. The lowest BCUT2D eigenvalue weighted by Gasteiger charge is -2.27. The smallest absolute Gasteiger partial charge is 0.274 e. The molecule has 0 bridgehead atoms. The molecule has 0 aliphatic carbocycles. The van der Waals surface area contributed by atoms with Gasteiger partial charge in [0.25, 0.3) is 5.91 Å². The van der Waals surface area contributed by atoms with Crippen molar-refractivity contribution in [1.29, 1.82) is 0 Å². The highest BCUT2D eigenvalue weighted by Gasteiger charge is 2.31. The summed E-state index contributed by atoms with van der Waals surface area (Å²) in [6, 6.07) is 0.319. The molecule has 1 aromatic rings. The molecule has 1 aliphatic heterocycles. The quantitative estimate of drug-likeness (QED) is 0.813. The molecule has 2 rings (SSSR count). The van der Waals surface area contributed by atoms with E-state index in [1.807, 2.05) is 4.90 Å². The van der Waals surface area contributed by atoms with Gasteiger partial charge < -0.3 is 4.90 Å². The minimum Gasteiger partial charge on any atom is -0.334 e. The Morgan fingerprint density at radius 3 is 2.82 bits per heavy atom. The van der Waals surface area contributed by atoms with Crippen molar-refractivity contribution in [2.75, 3.05) is 6.54 Å². The van der Waals surface area contributed by atoms with Crippen molar-refractivity contribution in [2.24, 2.45) is 5.92 Å². The highest BCUT2D eigenvalue weighted by atomic mass is 35.5. The highest BCUT2D eigenvalue weighted by molar-refractivity contribution is 6.29. The maximum Gasteiger partial charge on any atom is 0.274 e. The van der Waals surface area contributed by atoms with Crippen LogP contribution in [0.2, 0.25) is 5.15 Å². The zero-order valence-corrected chi connectivity index (χ0v) is 10.8. The fraction of sp³-hybridized carbons (Fsp3) is 0.583. The standard InChI is InChI=1S/C12H16ClN3O/c1-8(2)10-4-3-5-16(10)12(17)9-6-15-11(13)7-14-9/h6-8,10H,3-5H2,1-2H3. The molecule has 17 heavy (non-hydrogen) atoms. The molecular formula is C12H16ClN3O. The molecule has 5 heteroatoms. The average Bonchev–Trinajstić information content (AvgIpc) is 2.78. The number of likely N-dealkylation sites (tertiary alicyclic amines) is 1. The lowest BCUT2D eigenvalue weighted by atomic mass is 10.0. The summed E-state index contributed by atoms with van der Waals surface area (Å²) >= 11 is 5.66. The van der Waals surface area contributed by atoms with Gasteiger partial charge in [0.2, 0.25) is 0 Å². The summed E-state index contributed by atoms with van der Waals surface area (Å²) in [5.74, 6) is 0.437. The van der Waals surface area contributed by atoms with Crippen LogP contribution in [0.5, 0.6) is 0 Å². The van der Waals surface area contributed by atoms with Crippen LogP contribution in [0.15, 0.2) is 12.4 Å². The van der Waals surface area contributed by atoms with Gasteiger partial charge in [-0.25, -0.2) is 9.97 Å². The number of halogens is 1. The molecule has 0 saturated carbocycles. The molecule has 1 atom stereocenters. The van der Waals surface area contributed by atoms with Crippen molar-refractivity contribution in [3.8, 4) is 0 Å². The number of amides is 1. The van der Waals surface area contributed by atoms with Crippen LogP contribution >= 0.6 is 11.6 Å². The Labute approximate surface area is 106 Å². The molecule has 0 radical (unpaired) electrons. The van der Waals surface area contributed by atoms with Crippen LogP contribution in [0, 0.1) is 5.92 Å². The number of carbonyl (C=O) groups is 1. The summed E-state index contributed by atoms with van der Waals surface area (Å²) in [5.41, 5.74) is 0.377. The lowest BCUT2D eigenvalue weighted by molar-refractivity contribution is 0.0695. The molecule has 1 aromatic heterocycles. The van der Waals surface area contributed by atoms with Crippen molar-refractivity contribution < 1.29 is 4.79 Å². The summed E-state index contributed by atoms with van der Waals surface area (Å²) < 4.78 is 0. The van der Waals surface area contributed by atoms with Gasteiger partial charge in [0.05, 0.1) is 12.4 Å². The number of nitrogens with zero attached hydrogens (tertiary/aromatic N) is 3. The molecule has 92 valence electrons. The Morgan fingerprint density at radius 2 is 2.24 bits per heavy atom. The molecule has 0 aromatic carbocycles. The first kappa shape index (κ1) is 12.3. The Hall–Kier alpha value is -1.16. The van der Waals surface area contributed by atoms with Gasteiger partial charge in [0.15, 0.2) is 0 Å². The summed E-state index contributed by atoms with van der Waals surface area (Å²) in [5, 5.41) is 0.309. The van der Waals surface area contributed by atoms with Crippen molar-refractivity contribution in [1.82, 2.24) is 14.9 Å². The Kier molecular flexibility index (Phi) is 3.62. The van der Waals surface area contributed by atoms with Gasteiger partial charge in [-0.05, 0) is 18.8 Å². The van der Waals surface area contributed by atoms with Crippen LogP contribution in [0.4, 0.5) is 0 Å². The SMILES string of the molecule is CC(C)C1CCCN1C(=O)c1cnc(Cl)cn1.